The van der Waals surface area contributed by atoms with Gasteiger partial charge >= 0.3 is 0 Å². The summed E-state index contributed by atoms with van der Waals surface area (Å²) in [4.78, 5) is 26.8. The van der Waals surface area contributed by atoms with Crippen molar-refractivity contribution in [1.29, 1.82) is 0 Å². The zero-order chi connectivity index (χ0) is 20.1. The highest BCUT2D eigenvalue weighted by molar-refractivity contribution is 6.44. The Labute approximate surface area is 173 Å². The van der Waals surface area contributed by atoms with E-state index in [1.807, 2.05) is 30.0 Å². The summed E-state index contributed by atoms with van der Waals surface area (Å²) in [5, 5.41) is 6.26. The second-order valence-electron chi connectivity index (χ2n) is 6.40. The first-order valence-corrected chi connectivity index (χ1v) is 9.77. The van der Waals surface area contributed by atoms with Crippen molar-refractivity contribution in [2.45, 2.75) is 19.4 Å². The van der Waals surface area contributed by atoms with Crippen LogP contribution in [0.2, 0.25) is 10.0 Å². The van der Waals surface area contributed by atoms with Crippen molar-refractivity contribution in [1.82, 2.24) is 5.32 Å². The maximum absolute atomic E-state index is 12.6. The molecule has 0 spiro atoms. The molecule has 1 atom stereocenters. The molecule has 28 heavy (non-hydrogen) atoms. The number of carbonyl (C=O) groups is 2. The second-order valence-corrected chi connectivity index (χ2v) is 7.18. The molecule has 0 saturated carbocycles. The van der Waals surface area contributed by atoms with Gasteiger partial charge in [-0.2, -0.15) is 0 Å². The molecule has 1 heterocycles. The number of hydrogen-bond donors (Lipinski definition) is 2. The Morgan fingerprint density at radius 3 is 2.75 bits per heavy atom. The molecule has 0 saturated heterocycles. The Hall–Kier alpha value is -2.44. The minimum Gasteiger partial charge on any atom is -0.477 e. The van der Waals surface area contributed by atoms with Crippen LogP contribution in [0.1, 0.15) is 13.3 Å². The Morgan fingerprint density at radius 1 is 1.18 bits per heavy atom. The number of rotatable bonds is 6. The molecule has 0 aromatic heterocycles. The van der Waals surface area contributed by atoms with Crippen molar-refractivity contribution >= 4 is 46.4 Å². The van der Waals surface area contributed by atoms with Crippen LogP contribution in [-0.4, -0.2) is 37.6 Å². The summed E-state index contributed by atoms with van der Waals surface area (Å²) in [6, 6.07) is 12.4. The second kappa shape index (κ2) is 9.17. The van der Waals surface area contributed by atoms with Crippen molar-refractivity contribution in [3.63, 3.8) is 0 Å². The summed E-state index contributed by atoms with van der Waals surface area (Å²) in [5.41, 5.74) is 1.20. The molecule has 2 amide bonds. The molecule has 3 rings (SSSR count). The highest BCUT2D eigenvalue weighted by Gasteiger charge is 2.31. The van der Waals surface area contributed by atoms with Gasteiger partial charge in [0, 0.05) is 6.54 Å². The maximum atomic E-state index is 12.6. The van der Waals surface area contributed by atoms with Crippen LogP contribution in [0, 0.1) is 0 Å². The van der Waals surface area contributed by atoms with E-state index in [2.05, 4.69) is 10.6 Å². The minimum atomic E-state index is -0.691. The molecule has 2 aromatic carbocycles. The van der Waals surface area contributed by atoms with Crippen molar-refractivity contribution in [2.75, 3.05) is 29.9 Å². The molecule has 6 nitrogen and oxygen atoms in total. The molecular weight excluding hydrogens is 401 g/mol. The first-order chi connectivity index (χ1) is 13.5. The average Bonchev–Trinajstić information content (AvgIpc) is 2.69. The third kappa shape index (κ3) is 4.69. The summed E-state index contributed by atoms with van der Waals surface area (Å²) in [7, 11) is 0. The number of ether oxygens (including phenoxy) is 1. The van der Waals surface area contributed by atoms with Crippen LogP contribution in [0.3, 0.4) is 0 Å². The van der Waals surface area contributed by atoms with Crippen LogP contribution >= 0.6 is 23.2 Å². The fourth-order valence-electron chi connectivity index (χ4n) is 2.92. The third-order valence-corrected chi connectivity index (χ3v) is 5.08. The van der Waals surface area contributed by atoms with Crippen molar-refractivity contribution < 1.29 is 14.3 Å². The van der Waals surface area contributed by atoms with Gasteiger partial charge in [0.05, 0.1) is 34.5 Å². The summed E-state index contributed by atoms with van der Waals surface area (Å²) < 4.78 is 5.83. The van der Waals surface area contributed by atoms with E-state index in [4.69, 9.17) is 27.9 Å². The molecule has 0 bridgehead atoms. The number of nitrogens with one attached hydrogen (secondary N) is 2. The van der Waals surface area contributed by atoms with Gasteiger partial charge in [-0.05, 0) is 30.7 Å². The van der Waals surface area contributed by atoms with Gasteiger partial charge in [-0.3, -0.25) is 9.59 Å². The summed E-state index contributed by atoms with van der Waals surface area (Å²) in [6.45, 7) is 2.87. The van der Waals surface area contributed by atoms with E-state index in [0.29, 0.717) is 23.0 Å². The van der Waals surface area contributed by atoms with Crippen LogP contribution in [0.4, 0.5) is 11.4 Å². The first kappa shape index (κ1) is 20.3. The van der Waals surface area contributed by atoms with Gasteiger partial charge in [-0.25, -0.2) is 0 Å². The van der Waals surface area contributed by atoms with Crippen LogP contribution in [-0.2, 0) is 9.59 Å². The first-order valence-electron chi connectivity index (χ1n) is 9.01. The number of hydrogen-bond acceptors (Lipinski definition) is 4. The number of para-hydroxylation sites is 2. The van der Waals surface area contributed by atoms with Crippen LogP contribution in [0.25, 0.3) is 0 Å². The molecule has 2 aromatic rings. The zero-order valence-electron chi connectivity index (χ0n) is 15.4. The van der Waals surface area contributed by atoms with E-state index in [-0.39, 0.29) is 29.9 Å². The smallest absolute Gasteiger partial charge is 0.262 e. The van der Waals surface area contributed by atoms with Crippen molar-refractivity contribution in [3.05, 3.63) is 52.5 Å². The maximum Gasteiger partial charge on any atom is 0.262 e. The number of fused-ring (bicyclic) bond motifs is 1. The van der Waals surface area contributed by atoms with Gasteiger partial charge in [-0.15, -0.1) is 0 Å². The average molecular weight is 422 g/mol. The van der Waals surface area contributed by atoms with Crippen LogP contribution in [0.15, 0.2) is 42.5 Å². The van der Waals surface area contributed by atoms with E-state index in [1.165, 1.54) is 0 Å². The van der Waals surface area contributed by atoms with Crippen LogP contribution < -0.4 is 20.3 Å². The van der Waals surface area contributed by atoms with Gasteiger partial charge < -0.3 is 20.3 Å². The standard InChI is InChI=1S/C20H21Cl2N3O3/c1-2-10-23-20(27)17-11-25(15-8-3-4-9-16(15)28-17)12-18(26)24-14-7-5-6-13(21)19(14)22/h3-9,17H,2,10-12H2,1H3,(H,23,27)(H,24,26)/t17-/m0/s1. The molecule has 0 fully saturated rings. The molecular formula is C20H21Cl2N3O3. The zero-order valence-corrected chi connectivity index (χ0v) is 16.9. The Bertz CT molecular complexity index is 876. The van der Waals surface area contributed by atoms with E-state index >= 15 is 0 Å². The fraction of sp³-hybridized carbons (Fsp3) is 0.300. The Balaban J connectivity index is 1.74. The lowest BCUT2D eigenvalue weighted by atomic mass is 10.1. The highest BCUT2D eigenvalue weighted by atomic mass is 35.5. The fourth-order valence-corrected chi connectivity index (χ4v) is 3.27. The Morgan fingerprint density at radius 2 is 1.96 bits per heavy atom. The molecule has 0 unspecified atom stereocenters. The van der Waals surface area contributed by atoms with E-state index in [0.717, 1.165) is 12.1 Å². The topological polar surface area (TPSA) is 70.7 Å². The lowest BCUT2D eigenvalue weighted by Crippen LogP contribution is -2.50. The SMILES string of the molecule is CCCNC(=O)[C@@H]1CN(CC(=O)Nc2cccc(Cl)c2Cl)c2ccccc2O1. The van der Waals surface area contributed by atoms with Gasteiger partial charge in [0.2, 0.25) is 5.91 Å². The summed E-state index contributed by atoms with van der Waals surface area (Å²) in [6.07, 6.45) is 0.144. The molecule has 1 aliphatic rings. The molecule has 1 aliphatic heterocycles. The van der Waals surface area contributed by atoms with Crippen molar-refractivity contribution in [2.24, 2.45) is 0 Å². The molecule has 0 aliphatic carbocycles. The van der Waals surface area contributed by atoms with Gasteiger partial charge in [0.25, 0.3) is 5.91 Å². The summed E-state index contributed by atoms with van der Waals surface area (Å²) in [5.74, 6) is 0.104. The lowest BCUT2D eigenvalue weighted by molar-refractivity contribution is -0.128. The number of benzene rings is 2. The highest BCUT2D eigenvalue weighted by Crippen LogP contribution is 2.33. The molecule has 148 valence electrons. The Kier molecular flexibility index (Phi) is 6.65. The molecule has 8 heteroatoms. The molecule has 2 N–H and O–H groups in total. The number of nitrogens with zero attached hydrogens (tertiary/aromatic N) is 1. The summed E-state index contributed by atoms with van der Waals surface area (Å²) >= 11 is 12.1. The number of carbonyl (C=O) groups excluding carboxylic acids is 2. The van der Waals surface area contributed by atoms with Gasteiger partial charge in [0.1, 0.15) is 5.75 Å². The number of halogens is 2. The van der Waals surface area contributed by atoms with E-state index < -0.39 is 6.10 Å². The van der Waals surface area contributed by atoms with E-state index in [1.54, 1.807) is 24.3 Å². The predicted molar refractivity (Wildman–Crippen MR) is 111 cm³/mol. The molecule has 0 radical (unpaired) electrons. The number of amides is 2. The lowest BCUT2D eigenvalue weighted by Gasteiger charge is -2.35. The van der Waals surface area contributed by atoms with E-state index in [9.17, 15) is 9.59 Å². The largest absolute Gasteiger partial charge is 0.477 e. The number of anilines is 2. The quantitative estimate of drug-likeness (QED) is 0.745. The van der Waals surface area contributed by atoms with Crippen LogP contribution in [0.5, 0.6) is 5.75 Å². The van der Waals surface area contributed by atoms with Gasteiger partial charge in [0.15, 0.2) is 6.10 Å². The van der Waals surface area contributed by atoms with Gasteiger partial charge in [-0.1, -0.05) is 48.3 Å². The monoisotopic (exact) mass is 421 g/mol. The normalized spacial score (nSPS) is 15.4. The van der Waals surface area contributed by atoms with Crippen molar-refractivity contribution in [3.8, 4) is 5.75 Å². The third-order valence-electron chi connectivity index (χ3n) is 4.26. The minimum absolute atomic E-state index is 0.0424. The predicted octanol–water partition coefficient (Wildman–Crippen LogP) is 3.73.